The summed E-state index contributed by atoms with van der Waals surface area (Å²) in [6.07, 6.45) is 5.31. The van der Waals surface area contributed by atoms with Crippen molar-refractivity contribution in [2.75, 3.05) is 12.3 Å². The molecule has 5 unspecified atom stereocenters. The Morgan fingerprint density at radius 1 is 1.43 bits per heavy atom. The monoisotopic (exact) mass is 430 g/mol. The summed E-state index contributed by atoms with van der Waals surface area (Å²) >= 11 is 1.46. The van der Waals surface area contributed by atoms with E-state index in [-0.39, 0.29) is 29.8 Å². The summed E-state index contributed by atoms with van der Waals surface area (Å²) in [5.41, 5.74) is 7.05. The van der Waals surface area contributed by atoms with Crippen LogP contribution in [0.2, 0.25) is 0 Å². The van der Waals surface area contributed by atoms with Gasteiger partial charge in [-0.25, -0.2) is 4.98 Å². The van der Waals surface area contributed by atoms with Crippen LogP contribution in [0, 0.1) is 16.7 Å². The number of fused-ring (bicyclic) bond motifs is 2. The van der Waals surface area contributed by atoms with E-state index >= 15 is 0 Å². The summed E-state index contributed by atoms with van der Waals surface area (Å²) in [6, 6.07) is 3.78. The second-order valence-corrected chi connectivity index (χ2v) is 10.4. The molecule has 2 aliphatic rings. The molecule has 0 bridgehead atoms. The van der Waals surface area contributed by atoms with Gasteiger partial charge < -0.3 is 21.3 Å². The minimum Gasteiger partial charge on any atom is -0.396 e. The number of aliphatic hydroxyl groups is 2. The van der Waals surface area contributed by atoms with Crippen LogP contribution in [0.15, 0.2) is 24.5 Å². The highest BCUT2D eigenvalue weighted by Crippen LogP contribution is 2.62. The van der Waals surface area contributed by atoms with Crippen molar-refractivity contribution >= 4 is 22.4 Å². The van der Waals surface area contributed by atoms with Gasteiger partial charge in [-0.05, 0) is 42.2 Å². The average Bonchev–Trinajstić information content (AvgIpc) is 3.12. The topological polar surface area (TPSA) is 121 Å². The van der Waals surface area contributed by atoms with Crippen molar-refractivity contribution in [2.45, 2.75) is 58.1 Å². The molecule has 0 spiro atoms. The van der Waals surface area contributed by atoms with Gasteiger partial charge in [0.1, 0.15) is 0 Å². The van der Waals surface area contributed by atoms with E-state index in [1.165, 1.54) is 11.3 Å². The molecule has 2 heterocycles. The Morgan fingerprint density at radius 2 is 2.23 bits per heavy atom. The van der Waals surface area contributed by atoms with Crippen molar-refractivity contribution in [3.05, 3.63) is 40.7 Å². The van der Waals surface area contributed by atoms with E-state index in [1.807, 2.05) is 19.1 Å². The first kappa shape index (κ1) is 21.2. The number of aromatic nitrogens is 2. The van der Waals surface area contributed by atoms with Crippen molar-refractivity contribution in [3.63, 3.8) is 0 Å². The highest BCUT2D eigenvalue weighted by Gasteiger charge is 2.59. The molecular weight excluding hydrogens is 400 g/mol. The van der Waals surface area contributed by atoms with E-state index in [1.54, 1.807) is 12.4 Å². The number of nitrogen functional groups attached to an aromatic ring is 1. The predicted octanol–water partition coefficient (Wildman–Crippen LogP) is 2.24. The van der Waals surface area contributed by atoms with Crippen molar-refractivity contribution in [1.82, 2.24) is 15.3 Å². The standard InChI is InChI=1S/C22H30N4O3S/c1-21-6-5-17(28)22(2,12-27)16(21)9-15-19(26-20(23)30-15)14(21)8-18(29)25-11-13-4-3-7-24-10-13/h3-4,7,10,14,16-17,27-28H,5-6,8-9,11-12H2,1-2H3,(H2,23,26)(H,25,29). The highest BCUT2D eigenvalue weighted by atomic mass is 32.1. The summed E-state index contributed by atoms with van der Waals surface area (Å²) in [7, 11) is 0. The lowest BCUT2D eigenvalue weighted by molar-refractivity contribution is -0.144. The van der Waals surface area contributed by atoms with Crippen LogP contribution in [0.5, 0.6) is 0 Å². The number of carbonyl (C=O) groups is 1. The van der Waals surface area contributed by atoms with Crippen LogP contribution in [0.4, 0.5) is 5.13 Å². The third-order valence-electron chi connectivity index (χ3n) is 7.51. The smallest absolute Gasteiger partial charge is 0.220 e. The number of amides is 1. The van der Waals surface area contributed by atoms with E-state index < -0.39 is 11.5 Å². The van der Waals surface area contributed by atoms with Crippen molar-refractivity contribution in [3.8, 4) is 0 Å². The van der Waals surface area contributed by atoms with Gasteiger partial charge >= 0.3 is 0 Å². The zero-order chi connectivity index (χ0) is 21.5. The molecule has 1 fully saturated rings. The number of pyridine rings is 1. The molecule has 0 saturated heterocycles. The zero-order valence-electron chi connectivity index (χ0n) is 17.5. The first-order valence-electron chi connectivity index (χ1n) is 10.5. The fraction of sp³-hybridized carbons (Fsp3) is 0.591. The second-order valence-electron chi connectivity index (χ2n) is 9.24. The van der Waals surface area contributed by atoms with Crippen LogP contribution in [-0.2, 0) is 17.8 Å². The van der Waals surface area contributed by atoms with E-state index in [9.17, 15) is 15.0 Å². The van der Waals surface area contributed by atoms with Crippen LogP contribution in [0.3, 0.4) is 0 Å². The van der Waals surface area contributed by atoms with Gasteiger partial charge in [0, 0.05) is 41.6 Å². The second kappa shape index (κ2) is 7.90. The van der Waals surface area contributed by atoms with Gasteiger partial charge in [0.05, 0.1) is 18.4 Å². The number of hydrogen-bond donors (Lipinski definition) is 4. The van der Waals surface area contributed by atoms with Gasteiger partial charge in [-0.2, -0.15) is 0 Å². The number of hydrogen-bond acceptors (Lipinski definition) is 7. The largest absolute Gasteiger partial charge is 0.396 e. The third-order valence-corrected chi connectivity index (χ3v) is 8.43. The summed E-state index contributed by atoms with van der Waals surface area (Å²) in [5, 5.41) is 24.5. The third kappa shape index (κ3) is 3.50. The first-order chi connectivity index (χ1) is 14.3. The van der Waals surface area contributed by atoms with Crippen molar-refractivity contribution in [1.29, 1.82) is 0 Å². The maximum absolute atomic E-state index is 12.9. The van der Waals surface area contributed by atoms with Gasteiger partial charge in [-0.15, -0.1) is 11.3 Å². The minimum absolute atomic E-state index is 0.0416. The molecule has 2 aromatic rings. The molecule has 0 radical (unpaired) electrons. The lowest BCUT2D eigenvalue weighted by Gasteiger charge is -2.58. The normalized spacial score (nSPS) is 32.9. The van der Waals surface area contributed by atoms with Crippen molar-refractivity contribution < 1.29 is 15.0 Å². The number of nitrogens with zero attached hydrogens (tertiary/aromatic N) is 2. The molecule has 1 amide bonds. The number of anilines is 1. The first-order valence-corrected chi connectivity index (χ1v) is 11.3. The quantitative estimate of drug-likeness (QED) is 0.577. The summed E-state index contributed by atoms with van der Waals surface area (Å²) < 4.78 is 0. The highest BCUT2D eigenvalue weighted by molar-refractivity contribution is 7.15. The number of thiazole rings is 1. The lowest BCUT2D eigenvalue weighted by Crippen LogP contribution is -2.57. The van der Waals surface area contributed by atoms with E-state index in [0.717, 1.165) is 29.0 Å². The molecule has 8 heteroatoms. The summed E-state index contributed by atoms with van der Waals surface area (Å²) in [5.74, 6) is -0.102. The van der Waals surface area contributed by atoms with Crippen LogP contribution < -0.4 is 11.1 Å². The van der Waals surface area contributed by atoms with Gasteiger partial charge in [0.15, 0.2) is 5.13 Å². The minimum atomic E-state index is -0.617. The van der Waals surface area contributed by atoms with Crippen LogP contribution >= 0.6 is 11.3 Å². The molecule has 4 rings (SSSR count). The lowest BCUT2D eigenvalue weighted by atomic mass is 9.47. The Bertz CT molecular complexity index is 920. The number of aliphatic hydroxyl groups excluding tert-OH is 2. The van der Waals surface area contributed by atoms with Gasteiger partial charge in [0.2, 0.25) is 5.91 Å². The number of nitrogens with one attached hydrogen (secondary N) is 1. The Kier molecular flexibility index (Phi) is 5.59. The van der Waals surface area contributed by atoms with Crippen molar-refractivity contribution in [2.24, 2.45) is 16.7 Å². The molecule has 0 aromatic carbocycles. The summed E-state index contributed by atoms with van der Waals surface area (Å²) in [6.45, 7) is 4.50. The fourth-order valence-electron chi connectivity index (χ4n) is 5.63. The SMILES string of the molecule is CC1(CO)C(O)CCC2(C)C(CC(=O)NCc3cccnc3)c3nc(N)sc3CC12. The Hall–Kier alpha value is -2.03. The maximum atomic E-state index is 12.9. The molecule has 30 heavy (non-hydrogen) atoms. The van der Waals surface area contributed by atoms with E-state index in [2.05, 4.69) is 22.2 Å². The van der Waals surface area contributed by atoms with Crippen LogP contribution in [-0.4, -0.2) is 38.8 Å². The fourth-order valence-corrected chi connectivity index (χ4v) is 6.56. The molecule has 162 valence electrons. The number of carbonyl (C=O) groups excluding carboxylic acids is 1. The van der Waals surface area contributed by atoms with E-state index in [0.29, 0.717) is 24.5 Å². The molecule has 1 saturated carbocycles. The number of nitrogens with two attached hydrogens (primary N) is 1. The molecule has 2 aliphatic carbocycles. The number of rotatable bonds is 5. The molecule has 5 N–H and O–H groups in total. The Balaban J connectivity index is 1.62. The van der Waals surface area contributed by atoms with Gasteiger partial charge in [-0.1, -0.05) is 19.9 Å². The Morgan fingerprint density at radius 3 is 2.93 bits per heavy atom. The molecule has 7 nitrogen and oxygen atoms in total. The maximum Gasteiger partial charge on any atom is 0.220 e. The predicted molar refractivity (Wildman–Crippen MR) is 116 cm³/mol. The average molecular weight is 431 g/mol. The zero-order valence-corrected chi connectivity index (χ0v) is 18.3. The molecular formula is C22H30N4O3S. The molecule has 0 aliphatic heterocycles. The van der Waals surface area contributed by atoms with Crippen LogP contribution in [0.25, 0.3) is 0 Å². The molecule has 2 aromatic heterocycles. The van der Waals surface area contributed by atoms with E-state index in [4.69, 9.17) is 5.73 Å². The molecule has 5 atom stereocenters. The van der Waals surface area contributed by atoms with Crippen LogP contribution in [0.1, 0.15) is 55.2 Å². The summed E-state index contributed by atoms with van der Waals surface area (Å²) in [4.78, 5) is 22.7. The Labute approximate surface area is 180 Å². The van der Waals surface area contributed by atoms with Gasteiger partial charge in [-0.3, -0.25) is 9.78 Å². The van der Waals surface area contributed by atoms with Gasteiger partial charge in [0.25, 0.3) is 0 Å².